The highest BCUT2D eigenvalue weighted by molar-refractivity contribution is 6.34. The minimum atomic E-state index is -1.04. The Morgan fingerprint density at radius 3 is 2.70 bits per heavy atom. The second-order valence-corrected chi connectivity index (χ2v) is 7.35. The molecule has 1 amide bonds. The van der Waals surface area contributed by atoms with Crippen LogP contribution in [0.15, 0.2) is 30.5 Å². The van der Waals surface area contributed by atoms with E-state index in [4.69, 9.17) is 16.7 Å². The number of rotatable bonds is 2. The number of halogens is 3. The third-order valence-corrected chi connectivity index (χ3v) is 5.50. The minimum Gasteiger partial charge on any atom is -0.507 e. The highest BCUT2D eigenvalue weighted by Crippen LogP contribution is 2.42. The summed E-state index contributed by atoms with van der Waals surface area (Å²) < 4.78 is 31.3. The number of hydrogen-bond acceptors (Lipinski definition) is 5. The summed E-state index contributed by atoms with van der Waals surface area (Å²) in [5.41, 5.74) is 0.0775. The summed E-state index contributed by atoms with van der Waals surface area (Å²) in [5.74, 6) is -2.18. The van der Waals surface area contributed by atoms with E-state index in [0.717, 1.165) is 6.07 Å². The van der Waals surface area contributed by atoms with Gasteiger partial charge in [-0.15, -0.1) is 5.10 Å². The number of aromatic hydroxyl groups is 1. The van der Waals surface area contributed by atoms with Gasteiger partial charge in [0.1, 0.15) is 28.1 Å². The number of hydrogen-bond donors (Lipinski definition) is 2. The highest BCUT2D eigenvalue weighted by Gasteiger charge is 2.34. The van der Waals surface area contributed by atoms with Crippen molar-refractivity contribution in [2.24, 2.45) is 0 Å². The van der Waals surface area contributed by atoms with Gasteiger partial charge in [0, 0.05) is 24.0 Å². The van der Waals surface area contributed by atoms with Crippen LogP contribution in [0.3, 0.4) is 0 Å². The maximum Gasteiger partial charge on any atom is 0.407 e. The molecule has 0 spiro atoms. The summed E-state index contributed by atoms with van der Waals surface area (Å²) in [6.45, 7) is 0.435. The minimum absolute atomic E-state index is 0.0949. The smallest absolute Gasteiger partial charge is 0.407 e. The lowest BCUT2D eigenvalue weighted by Gasteiger charge is -2.36. The lowest BCUT2D eigenvalue weighted by Crippen LogP contribution is -2.50. The third kappa shape index (κ3) is 2.57. The summed E-state index contributed by atoms with van der Waals surface area (Å²) in [6.07, 6.45) is 0.294. The summed E-state index contributed by atoms with van der Waals surface area (Å²) in [6, 6.07) is 4.78. The van der Waals surface area contributed by atoms with Gasteiger partial charge in [-0.3, -0.25) is 4.98 Å². The molecule has 2 aromatic carbocycles. The van der Waals surface area contributed by atoms with Gasteiger partial charge < -0.3 is 15.1 Å². The largest absolute Gasteiger partial charge is 0.507 e. The van der Waals surface area contributed by atoms with Crippen LogP contribution in [0.1, 0.15) is 6.04 Å². The third-order valence-electron chi connectivity index (χ3n) is 5.20. The predicted octanol–water partition coefficient (Wildman–Crippen LogP) is 3.82. The van der Waals surface area contributed by atoms with Crippen LogP contribution in [0.4, 0.5) is 13.6 Å². The molecule has 2 N–H and O–H groups in total. The van der Waals surface area contributed by atoms with E-state index in [9.17, 15) is 14.3 Å². The Hall–Kier alpha value is -3.53. The van der Waals surface area contributed by atoms with Crippen LogP contribution in [-0.4, -0.2) is 54.3 Å². The van der Waals surface area contributed by atoms with E-state index in [2.05, 4.69) is 15.3 Å². The number of phenolic OH excluding ortho intramolecular Hbond substituents is 1. The standard InChI is InChI=1S/C19H12ClF2N5O3/c20-10-4-9-17(16(22)14(10)15-11(21)2-1-3-13(15)28)23-5-12-18(9)27(25-24-12)8-6-26(7-8)19(29)30/h1-5,8,28H,6-7H2,(H,29,30). The van der Waals surface area contributed by atoms with Crippen molar-refractivity contribution in [3.63, 3.8) is 0 Å². The second kappa shape index (κ2) is 6.49. The molecule has 4 aromatic rings. The highest BCUT2D eigenvalue weighted by atomic mass is 35.5. The van der Waals surface area contributed by atoms with E-state index in [1.165, 1.54) is 34.0 Å². The molecule has 30 heavy (non-hydrogen) atoms. The molecule has 1 fully saturated rings. The van der Waals surface area contributed by atoms with Gasteiger partial charge in [-0.25, -0.2) is 18.3 Å². The first-order valence-corrected chi connectivity index (χ1v) is 9.22. The maximum atomic E-state index is 15.4. The molecule has 3 heterocycles. The Balaban J connectivity index is 1.73. The molecule has 1 aliphatic rings. The van der Waals surface area contributed by atoms with Crippen molar-refractivity contribution in [1.29, 1.82) is 0 Å². The number of carboxylic acid groups (broad SMARTS) is 1. The summed E-state index contributed by atoms with van der Waals surface area (Å²) in [4.78, 5) is 16.4. The Morgan fingerprint density at radius 2 is 2.00 bits per heavy atom. The first-order valence-electron chi connectivity index (χ1n) is 8.84. The zero-order valence-electron chi connectivity index (χ0n) is 15.1. The molecule has 0 atom stereocenters. The molecule has 0 saturated carbocycles. The molecular formula is C19H12ClF2N5O3. The molecule has 0 unspecified atom stereocenters. The SMILES string of the molecule is O=C(O)N1CC(n2nnc3cnc4c(F)c(-c5c(O)cccc5F)c(Cl)cc4c32)C1. The van der Waals surface area contributed by atoms with Crippen molar-refractivity contribution in [1.82, 2.24) is 24.9 Å². The Morgan fingerprint density at radius 1 is 1.23 bits per heavy atom. The van der Waals surface area contributed by atoms with Gasteiger partial charge in [-0.05, 0) is 18.2 Å². The molecule has 0 aliphatic carbocycles. The number of pyridine rings is 1. The van der Waals surface area contributed by atoms with Crippen molar-refractivity contribution >= 4 is 39.6 Å². The number of carbonyl (C=O) groups is 1. The monoisotopic (exact) mass is 431 g/mol. The molecule has 0 radical (unpaired) electrons. The van der Waals surface area contributed by atoms with Crippen molar-refractivity contribution < 1.29 is 23.8 Å². The van der Waals surface area contributed by atoms with E-state index in [-0.39, 0.29) is 40.8 Å². The molecule has 152 valence electrons. The van der Waals surface area contributed by atoms with E-state index >= 15 is 4.39 Å². The van der Waals surface area contributed by atoms with Crippen LogP contribution in [-0.2, 0) is 0 Å². The van der Waals surface area contributed by atoms with Crippen molar-refractivity contribution in [3.8, 4) is 16.9 Å². The second-order valence-electron chi connectivity index (χ2n) is 6.94. The number of likely N-dealkylation sites (tertiary alicyclic amines) is 1. The number of fused-ring (bicyclic) bond motifs is 3. The van der Waals surface area contributed by atoms with Crippen LogP contribution in [0.2, 0.25) is 5.02 Å². The van der Waals surface area contributed by atoms with Gasteiger partial charge in [-0.1, -0.05) is 22.9 Å². The van der Waals surface area contributed by atoms with Crippen LogP contribution < -0.4 is 0 Å². The zero-order chi connectivity index (χ0) is 21.2. The molecule has 11 heteroatoms. The lowest BCUT2D eigenvalue weighted by molar-refractivity contribution is 0.0821. The summed E-state index contributed by atoms with van der Waals surface area (Å²) in [5, 5.41) is 27.4. The number of amides is 1. The molecule has 5 rings (SSSR count). The van der Waals surface area contributed by atoms with Crippen LogP contribution in [0, 0.1) is 11.6 Å². The topological polar surface area (TPSA) is 104 Å². The van der Waals surface area contributed by atoms with Gasteiger partial charge in [0.05, 0.1) is 22.8 Å². The van der Waals surface area contributed by atoms with Gasteiger partial charge in [0.2, 0.25) is 0 Å². The molecule has 2 aromatic heterocycles. The summed E-state index contributed by atoms with van der Waals surface area (Å²) >= 11 is 6.32. The molecule has 1 saturated heterocycles. The lowest BCUT2D eigenvalue weighted by atomic mass is 10.00. The van der Waals surface area contributed by atoms with Crippen molar-refractivity contribution in [3.05, 3.63) is 47.1 Å². The number of aromatic nitrogens is 4. The number of benzene rings is 2. The van der Waals surface area contributed by atoms with Crippen LogP contribution in [0.5, 0.6) is 5.75 Å². The van der Waals surface area contributed by atoms with E-state index < -0.39 is 23.5 Å². The molecular weight excluding hydrogens is 420 g/mol. The van der Waals surface area contributed by atoms with Crippen molar-refractivity contribution in [2.75, 3.05) is 13.1 Å². The fourth-order valence-corrected chi connectivity index (χ4v) is 3.99. The zero-order valence-corrected chi connectivity index (χ0v) is 15.8. The van der Waals surface area contributed by atoms with E-state index in [0.29, 0.717) is 16.4 Å². The molecule has 0 bridgehead atoms. The number of phenols is 1. The Bertz CT molecular complexity index is 1330. The van der Waals surface area contributed by atoms with Crippen LogP contribution in [0.25, 0.3) is 33.1 Å². The van der Waals surface area contributed by atoms with E-state index in [1.807, 2.05) is 0 Å². The first-order chi connectivity index (χ1) is 14.4. The molecule has 1 aliphatic heterocycles. The Kier molecular flexibility index (Phi) is 4.00. The quantitative estimate of drug-likeness (QED) is 0.500. The Labute approximate surface area is 171 Å². The van der Waals surface area contributed by atoms with Gasteiger partial charge in [0.15, 0.2) is 5.82 Å². The summed E-state index contributed by atoms with van der Waals surface area (Å²) in [7, 11) is 0. The van der Waals surface area contributed by atoms with Gasteiger partial charge in [-0.2, -0.15) is 0 Å². The number of nitrogens with zero attached hydrogens (tertiary/aromatic N) is 5. The van der Waals surface area contributed by atoms with Gasteiger partial charge >= 0.3 is 6.09 Å². The normalized spacial score (nSPS) is 14.4. The van der Waals surface area contributed by atoms with Gasteiger partial charge in [0.25, 0.3) is 0 Å². The average molecular weight is 432 g/mol. The van der Waals surface area contributed by atoms with Crippen LogP contribution >= 0.6 is 11.6 Å². The predicted molar refractivity (Wildman–Crippen MR) is 103 cm³/mol. The first kappa shape index (κ1) is 18.5. The average Bonchev–Trinajstić information content (AvgIpc) is 3.06. The van der Waals surface area contributed by atoms with Crippen molar-refractivity contribution in [2.45, 2.75) is 6.04 Å². The maximum absolute atomic E-state index is 15.4. The fraction of sp³-hybridized carbons (Fsp3) is 0.158. The fourth-order valence-electron chi connectivity index (χ4n) is 3.71. The molecule has 8 nitrogen and oxygen atoms in total. The van der Waals surface area contributed by atoms with E-state index in [1.54, 1.807) is 0 Å².